The molecule has 2 aromatic rings. The molecule has 0 bridgehead atoms. The molecule has 0 radical (unpaired) electrons. The maximum absolute atomic E-state index is 14.9. The van der Waals surface area contributed by atoms with Gasteiger partial charge in [0.2, 0.25) is 59.1 Å². The summed E-state index contributed by atoms with van der Waals surface area (Å²) in [6.45, 7) is 5.27. The third-order valence-corrected chi connectivity index (χ3v) is 17.7. The number of thioether (sulfide) groups is 1. The van der Waals surface area contributed by atoms with Gasteiger partial charge in [0.25, 0.3) is 0 Å². The molecule has 0 saturated carbocycles. The lowest BCUT2D eigenvalue weighted by Crippen LogP contribution is -2.61. The van der Waals surface area contributed by atoms with Gasteiger partial charge in [-0.2, -0.15) is 11.8 Å². The van der Waals surface area contributed by atoms with Gasteiger partial charge in [-0.15, -0.1) is 0 Å². The average Bonchev–Trinajstić information content (AvgIpc) is 3.91. The highest BCUT2D eigenvalue weighted by atomic mass is 33.1. The van der Waals surface area contributed by atoms with Gasteiger partial charge in [-0.05, 0) is 86.1 Å². The molecule has 1 spiro atoms. The highest BCUT2D eigenvalue weighted by Crippen LogP contribution is 2.47. The van der Waals surface area contributed by atoms with Crippen LogP contribution in [0.15, 0.2) is 59.6 Å². The van der Waals surface area contributed by atoms with Crippen LogP contribution in [0.1, 0.15) is 83.3 Å². The van der Waals surface area contributed by atoms with Crippen molar-refractivity contribution in [3.8, 4) is 5.75 Å². The first-order valence-electron chi connectivity index (χ1n) is 26.3. The van der Waals surface area contributed by atoms with Crippen molar-refractivity contribution in [3.05, 3.63) is 65.7 Å². The first-order valence-corrected chi connectivity index (χ1v) is 29.8. The molecule has 3 aliphatic rings. The second kappa shape index (κ2) is 31.2. The maximum atomic E-state index is 14.9. The fourth-order valence-corrected chi connectivity index (χ4v) is 14.0. The Morgan fingerprint density at radius 1 is 0.797 bits per heavy atom. The van der Waals surface area contributed by atoms with Gasteiger partial charge in [0.05, 0.1) is 19.6 Å². The lowest BCUT2D eigenvalue weighted by atomic mass is 9.96. The van der Waals surface area contributed by atoms with Crippen LogP contribution in [0.4, 0.5) is 0 Å². The van der Waals surface area contributed by atoms with E-state index < -0.39 is 125 Å². The molecular weight excluding hydrogens is 1080 g/mol. The van der Waals surface area contributed by atoms with Crippen LogP contribution in [0.2, 0.25) is 0 Å². The molecule has 432 valence electrons. The lowest BCUT2D eigenvalue weighted by molar-refractivity contribution is -0.142. The van der Waals surface area contributed by atoms with E-state index in [0.29, 0.717) is 54.3 Å². The molecule has 0 aliphatic carbocycles. The van der Waals surface area contributed by atoms with Crippen LogP contribution in [-0.2, 0) is 60.8 Å². The van der Waals surface area contributed by atoms with Crippen LogP contribution >= 0.6 is 33.3 Å². The molecule has 3 fully saturated rings. The number of amides is 10. The smallest absolute Gasteiger partial charge is 0.246 e. The Morgan fingerprint density at radius 2 is 1.43 bits per heavy atom. The average molecular weight is 1150 g/mol. The second-order valence-corrected chi connectivity index (χ2v) is 23.9. The minimum absolute atomic E-state index is 0.0154. The summed E-state index contributed by atoms with van der Waals surface area (Å²) in [6, 6.07) is 6.79. The lowest BCUT2D eigenvalue weighted by Gasteiger charge is -2.36. The zero-order chi connectivity index (χ0) is 57.6. The molecule has 0 aromatic heterocycles. The van der Waals surface area contributed by atoms with Gasteiger partial charge in [0.1, 0.15) is 48.0 Å². The van der Waals surface area contributed by atoms with E-state index in [-0.39, 0.29) is 63.3 Å². The van der Waals surface area contributed by atoms with Gasteiger partial charge in [-0.1, -0.05) is 77.9 Å². The van der Waals surface area contributed by atoms with Gasteiger partial charge in [-0.25, -0.2) is 0 Å². The van der Waals surface area contributed by atoms with E-state index in [1.165, 1.54) is 26.5 Å². The number of aliphatic imine (C=N–C) groups is 1. The molecule has 24 nitrogen and oxygen atoms in total. The minimum atomic E-state index is -1.66. The van der Waals surface area contributed by atoms with Crippen LogP contribution in [-0.4, -0.2) is 160 Å². The van der Waals surface area contributed by atoms with E-state index in [1.54, 1.807) is 80.2 Å². The summed E-state index contributed by atoms with van der Waals surface area (Å²) in [5, 5.41) is 19.0. The summed E-state index contributed by atoms with van der Waals surface area (Å²) >= 11 is 1.71. The number of likely N-dealkylation sites (tertiary alicyclic amines) is 1. The topological polar surface area (TPSA) is 384 Å². The number of primary amides is 2. The van der Waals surface area contributed by atoms with Crippen LogP contribution in [0.5, 0.6) is 5.75 Å². The Kier molecular flexibility index (Phi) is 24.9. The number of rotatable bonds is 19. The summed E-state index contributed by atoms with van der Waals surface area (Å²) in [7, 11) is 2.57. The van der Waals surface area contributed by atoms with Crippen molar-refractivity contribution in [1.29, 1.82) is 0 Å². The third-order valence-electron chi connectivity index (χ3n) is 13.4. The molecule has 15 N–H and O–H groups in total. The Bertz CT molecular complexity index is 2500. The highest BCUT2D eigenvalue weighted by Gasteiger charge is 2.42. The number of hydrogen-bond donors (Lipinski definition) is 11. The number of nitrogens with one attached hydrogen (secondary N) is 7. The van der Waals surface area contributed by atoms with E-state index in [4.69, 9.17) is 27.7 Å². The molecule has 0 unspecified atom stereocenters. The van der Waals surface area contributed by atoms with Crippen molar-refractivity contribution in [2.45, 2.75) is 132 Å². The van der Waals surface area contributed by atoms with Gasteiger partial charge in [-0.3, -0.25) is 52.9 Å². The molecule has 10 amide bonds. The molecule has 3 saturated heterocycles. The Morgan fingerprint density at radius 3 is 2.06 bits per heavy atom. The second-order valence-electron chi connectivity index (χ2n) is 19.9. The predicted octanol–water partition coefficient (Wildman–Crippen LogP) is -0.992. The van der Waals surface area contributed by atoms with Crippen LogP contribution < -0.4 is 64.9 Å². The molecule has 2 aromatic carbocycles. The van der Waals surface area contributed by atoms with Crippen molar-refractivity contribution < 1.29 is 52.7 Å². The van der Waals surface area contributed by atoms with Crippen LogP contribution in [0.3, 0.4) is 0 Å². The zero-order valence-corrected chi connectivity index (χ0v) is 47.2. The van der Waals surface area contributed by atoms with Crippen molar-refractivity contribution in [2.24, 2.45) is 33.8 Å². The standard InChI is InChI=1S/C52H75N13O11S3/c1-4-76-33-16-14-32(15-17-33)25-35-45(70)61-36(24-31-10-6-5-7-11-31)47(72)64-43(30(2)3)49(74)62-37(26-40(53)66)46(71)63-38(29-78-79-52(27-42(68)59-35)18-22-77-23-19-52)50(75)65-21-9-13-39(65)48(73)60-34(12-8-20-57-51(55)56)44(69)58-28-41(54)67/h5-7,10-11,14-17,30,34-39,43H,4,8-9,12-13,18-29H2,1-3H3,(H2,53,66)(H2,54,67)(H,58,69)(H,59,68)(H,60,73)(H,61,70)(H,62,74)(H,63,71)(H,64,72)(H4,55,56,57)/t34-,35+,36+,37-,38+,39-,43-/m0/s1. The van der Waals surface area contributed by atoms with E-state index >= 15 is 0 Å². The number of carbonyl (C=O) groups is 10. The fraction of sp³-hybridized carbons (Fsp3) is 0.558. The summed E-state index contributed by atoms with van der Waals surface area (Å²) in [4.78, 5) is 144. The number of nitrogens with two attached hydrogens (primary N) is 4. The molecular formula is C52H75N13O11S3. The van der Waals surface area contributed by atoms with E-state index in [9.17, 15) is 47.9 Å². The van der Waals surface area contributed by atoms with Gasteiger partial charge in [0, 0.05) is 42.9 Å². The van der Waals surface area contributed by atoms with Crippen molar-refractivity contribution in [1.82, 2.24) is 42.1 Å². The molecule has 79 heavy (non-hydrogen) atoms. The predicted molar refractivity (Wildman–Crippen MR) is 303 cm³/mol. The largest absolute Gasteiger partial charge is 0.494 e. The van der Waals surface area contributed by atoms with Crippen LogP contribution in [0.25, 0.3) is 0 Å². The highest BCUT2D eigenvalue weighted by molar-refractivity contribution is 8.77. The first kappa shape index (κ1) is 63.1. The van der Waals surface area contributed by atoms with Crippen molar-refractivity contribution in [2.75, 3.05) is 43.5 Å². The Balaban J connectivity index is 1.52. The Labute approximate surface area is 471 Å². The zero-order valence-electron chi connectivity index (χ0n) is 44.8. The Hall–Kier alpha value is -6.74. The molecule has 27 heteroatoms. The maximum Gasteiger partial charge on any atom is 0.246 e. The first-order chi connectivity index (χ1) is 37.7. The van der Waals surface area contributed by atoms with Gasteiger partial charge < -0.3 is 69.8 Å². The number of ether oxygens (including phenoxy) is 1. The van der Waals surface area contributed by atoms with E-state index in [2.05, 4.69) is 42.2 Å². The quantitative estimate of drug-likeness (QED) is 0.0348. The van der Waals surface area contributed by atoms with Gasteiger partial charge in [0.15, 0.2) is 5.96 Å². The molecule has 7 atom stereocenters. The minimum Gasteiger partial charge on any atom is -0.494 e. The monoisotopic (exact) mass is 1150 g/mol. The van der Waals surface area contributed by atoms with Crippen molar-refractivity contribution in [3.63, 3.8) is 0 Å². The number of hydrogen-bond acceptors (Lipinski definition) is 15. The molecule has 3 aliphatic heterocycles. The summed E-state index contributed by atoms with van der Waals surface area (Å²) in [6.07, 6.45) is 1.19. The van der Waals surface area contributed by atoms with Gasteiger partial charge >= 0.3 is 0 Å². The van der Waals surface area contributed by atoms with Crippen LogP contribution in [0, 0.1) is 5.92 Å². The summed E-state index contributed by atoms with van der Waals surface area (Å²) < 4.78 is 4.90. The SMILES string of the molecule is CCOc1ccc(C[C@H]2NC(=O)CC3(CCSCC3)SSC[C@H](C(=O)N3CCC[C@H]3C(=O)N[C@@H](CCCN=C(N)N)C(=O)NCC(N)=O)NC(=O)[C@H](CC(N)=O)NC(=O)[C@H](C(C)C)NC(=O)[C@@H](Cc3ccccc3)NC2=O)cc1. The summed E-state index contributed by atoms with van der Waals surface area (Å²) in [5.41, 5.74) is 23.2. The third kappa shape index (κ3) is 20.1. The van der Waals surface area contributed by atoms with E-state index in [1.807, 2.05) is 6.92 Å². The summed E-state index contributed by atoms with van der Waals surface area (Å²) in [5.74, 6) is -6.54. The normalized spacial score (nSPS) is 22.9. The number of benzene rings is 2. The number of carbonyl (C=O) groups excluding carboxylic acids is 10. The van der Waals surface area contributed by atoms with E-state index in [0.717, 1.165) is 0 Å². The molecule has 5 rings (SSSR count). The number of guanidine groups is 1. The molecule has 3 heterocycles. The van der Waals surface area contributed by atoms with Crippen molar-refractivity contribution >= 4 is 98.4 Å². The number of nitrogens with zero attached hydrogens (tertiary/aromatic N) is 2. The fourth-order valence-electron chi connectivity index (χ4n) is 9.21.